The molecule has 4 rings (SSSR count). The van der Waals surface area contributed by atoms with Gasteiger partial charge in [0, 0.05) is 12.1 Å². The molecule has 0 aliphatic rings. The Labute approximate surface area is 239 Å². The number of nitrogens with one attached hydrogen (secondary N) is 1. The first-order valence-corrected chi connectivity index (χ1v) is 16.0. The van der Waals surface area contributed by atoms with Crippen LogP contribution in [0, 0.1) is 13.8 Å². The van der Waals surface area contributed by atoms with Gasteiger partial charge in [-0.2, -0.15) is 0 Å². The van der Waals surface area contributed by atoms with E-state index >= 15 is 0 Å². The molecule has 0 atom stereocenters. The maximum absolute atomic E-state index is 12.9. The van der Waals surface area contributed by atoms with Gasteiger partial charge < -0.3 is 4.57 Å². The molecule has 10 nitrogen and oxygen atoms in total. The van der Waals surface area contributed by atoms with E-state index in [1.165, 1.54) is 29.6 Å². The highest BCUT2D eigenvalue weighted by molar-refractivity contribution is 7.92. The lowest BCUT2D eigenvalue weighted by Gasteiger charge is -2.20. The smallest absolute Gasteiger partial charge is 0.283 e. The van der Waals surface area contributed by atoms with Gasteiger partial charge in [-0.15, -0.1) is 0 Å². The molecule has 4 aromatic rings. The van der Waals surface area contributed by atoms with Crippen LogP contribution in [0.25, 0.3) is 11.2 Å². The van der Waals surface area contributed by atoms with Crippen molar-refractivity contribution in [1.82, 2.24) is 19.3 Å². The summed E-state index contributed by atoms with van der Waals surface area (Å²) in [6.07, 6.45) is 1.33. The lowest BCUT2D eigenvalue weighted by Crippen LogP contribution is -2.31. The van der Waals surface area contributed by atoms with E-state index in [9.17, 15) is 21.6 Å². The van der Waals surface area contributed by atoms with E-state index in [0.29, 0.717) is 39.7 Å². The molecule has 0 aliphatic carbocycles. The number of hydrogen-bond acceptors (Lipinski definition) is 7. The average molecular weight is 604 g/mol. The molecule has 1 N–H and O–H groups in total. The number of rotatable bonds is 10. The molecule has 1 amide bonds. The molecule has 0 fully saturated rings. The van der Waals surface area contributed by atoms with E-state index in [0.717, 1.165) is 12.0 Å². The third-order valence-electron chi connectivity index (χ3n) is 6.48. The fourth-order valence-corrected chi connectivity index (χ4v) is 6.59. The number of amides is 1. The lowest BCUT2D eigenvalue weighted by atomic mass is 10.2. The number of imidazole rings is 1. The fourth-order valence-electron chi connectivity index (χ4n) is 4.04. The van der Waals surface area contributed by atoms with Gasteiger partial charge in [-0.25, -0.2) is 31.5 Å². The number of nitrogens with zero attached hydrogens (tertiary/aromatic N) is 4. The summed E-state index contributed by atoms with van der Waals surface area (Å²) in [7, 11) is -6.06. The topological polar surface area (TPSA) is 131 Å². The quantitative estimate of drug-likeness (QED) is 0.283. The van der Waals surface area contributed by atoms with Gasteiger partial charge in [0.15, 0.2) is 5.65 Å². The van der Waals surface area contributed by atoms with Crippen LogP contribution in [0.2, 0.25) is 5.02 Å². The zero-order chi connectivity index (χ0) is 29.2. The van der Waals surface area contributed by atoms with Gasteiger partial charge in [0.1, 0.15) is 17.0 Å². The number of hydrogen-bond donors (Lipinski definition) is 1. The number of sulfonamides is 2. The molecule has 40 heavy (non-hydrogen) atoms. The molecular weight excluding hydrogens is 574 g/mol. The summed E-state index contributed by atoms with van der Waals surface area (Å²) in [5.41, 5.74) is 2.82. The Morgan fingerprint density at radius 1 is 1.00 bits per heavy atom. The highest BCUT2D eigenvalue weighted by Crippen LogP contribution is 2.27. The number of halogens is 1. The summed E-state index contributed by atoms with van der Waals surface area (Å²) >= 11 is 6.56. The molecule has 2 aromatic heterocycles. The first-order valence-electron chi connectivity index (χ1n) is 12.5. The minimum absolute atomic E-state index is 0.0321. The summed E-state index contributed by atoms with van der Waals surface area (Å²) in [4.78, 5) is 21.7. The molecule has 0 bridgehead atoms. The molecular formula is C27H30ClN5O5S2. The molecule has 0 spiro atoms. The summed E-state index contributed by atoms with van der Waals surface area (Å²) in [5.74, 6) is -0.220. The van der Waals surface area contributed by atoms with Gasteiger partial charge in [0.25, 0.3) is 15.9 Å². The van der Waals surface area contributed by atoms with Gasteiger partial charge in [-0.1, -0.05) is 48.7 Å². The Kier molecular flexibility index (Phi) is 8.52. The largest absolute Gasteiger partial charge is 0.308 e. The summed E-state index contributed by atoms with van der Waals surface area (Å²) in [6, 6.07) is 14.2. The van der Waals surface area contributed by atoms with E-state index in [4.69, 9.17) is 11.6 Å². The summed E-state index contributed by atoms with van der Waals surface area (Å²) < 4.78 is 55.6. The highest BCUT2D eigenvalue weighted by Gasteiger charge is 2.22. The number of anilines is 1. The standard InChI is InChI=1S/C27H30ClN5O5S2/c1-5-6-15-39(35,36)32(4)21-10-9-20(23(28)16-21)17-33-19(3)29-24-13-14-25(30-26(24)33)27(34)31-40(37,38)22-11-7-18(2)8-12-22/h7-14,16H,5-6,15,17H2,1-4H3,(H,31,34). The van der Waals surface area contributed by atoms with E-state index in [-0.39, 0.29) is 22.9 Å². The summed E-state index contributed by atoms with van der Waals surface area (Å²) in [5, 5.41) is 0.356. The first-order chi connectivity index (χ1) is 18.8. The van der Waals surface area contributed by atoms with Crippen molar-refractivity contribution in [3.05, 3.63) is 82.3 Å². The fraction of sp³-hybridized carbons (Fsp3) is 0.296. The molecule has 0 unspecified atom stereocenters. The number of aromatic nitrogens is 3. The number of pyridine rings is 1. The van der Waals surface area contributed by atoms with Crippen LogP contribution in [0.3, 0.4) is 0 Å². The van der Waals surface area contributed by atoms with Gasteiger partial charge >= 0.3 is 0 Å². The van der Waals surface area contributed by atoms with Crippen molar-refractivity contribution in [1.29, 1.82) is 0 Å². The minimum atomic E-state index is -4.09. The van der Waals surface area contributed by atoms with Crippen LogP contribution < -0.4 is 9.03 Å². The van der Waals surface area contributed by atoms with E-state index in [1.807, 2.05) is 13.8 Å². The maximum atomic E-state index is 12.9. The van der Waals surface area contributed by atoms with Crippen molar-refractivity contribution in [2.75, 3.05) is 17.1 Å². The number of carbonyl (C=O) groups excluding carboxylic acids is 1. The number of fused-ring (bicyclic) bond motifs is 1. The van der Waals surface area contributed by atoms with Crippen LogP contribution in [0.1, 0.15) is 47.2 Å². The second kappa shape index (κ2) is 11.6. The predicted octanol–water partition coefficient (Wildman–Crippen LogP) is 4.43. The van der Waals surface area contributed by atoms with Gasteiger partial charge in [-0.3, -0.25) is 9.10 Å². The number of benzene rings is 2. The molecule has 212 valence electrons. The number of unbranched alkanes of at least 4 members (excludes halogenated alkanes) is 1. The van der Waals surface area contributed by atoms with Gasteiger partial charge in [0.05, 0.1) is 22.9 Å². The third-order valence-corrected chi connectivity index (χ3v) is 10.0. The van der Waals surface area contributed by atoms with Crippen molar-refractivity contribution < 1.29 is 21.6 Å². The highest BCUT2D eigenvalue weighted by atomic mass is 35.5. The second-order valence-electron chi connectivity index (χ2n) is 9.44. The van der Waals surface area contributed by atoms with Crippen LogP contribution >= 0.6 is 11.6 Å². The van der Waals surface area contributed by atoms with Crippen LogP contribution in [0.4, 0.5) is 5.69 Å². The average Bonchev–Trinajstić information content (AvgIpc) is 3.22. The molecule has 13 heteroatoms. The first kappa shape index (κ1) is 29.5. The van der Waals surface area contributed by atoms with Crippen molar-refractivity contribution in [2.24, 2.45) is 0 Å². The molecule has 0 saturated heterocycles. The Bertz CT molecular complexity index is 1790. The van der Waals surface area contributed by atoms with Crippen LogP contribution in [-0.2, 0) is 26.6 Å². The SMILES string of the molecule is CCCCS(=O)(=O)N(C)c1ccc(Cn2c(C)nc3ccc(C(=O)NS(=O)(=O)c4ccc(C)cc4)nc32)c(Cl)c1. The molecule has 2 aromatic carbocycles. The molecule has 0 aliphatic heterocycles. The predicted molar refractivity (Wildman–Crippen MR) is 156 cm³/mol. The van der Waals surface area contributed by atoms with E-state index in [2.05, 4.69) is 14.7 Å². The Morgan fingerprint density at radius 3 is 2.35 bits per heavy atom. The zero-order valence-electron chi connectivity index (χ0n) is 22.5. The maximum Gasteiger partial charge on any atom is 0.283 e. The normalized spacial score (nSPS) is 12.0. The molecule has 0 radical (unpaired) electrons. The minimum Gasteiger partial charge on any atom is -0.308 e. The van der Waals surface area contributed by atoms with Crippen molar-refractivity contribution in [3.63, 3.8) is 0 Å². The van der Waals surface area contributed by atoms with Crippen LogP contribution in [0.5, 0.6) is 0 Å². The second-order valence-corrected chi connectivity index (χ2v) is 13.7. The number of aryl methyl sites for hydroxylation is 2. The monoisotopic (exact) mass is 603 g/mol. The third kappa shape index (κ3) is 6.29. The molecule has 2 heterocycles. The summed E-state index contributed by atoms with van der Waals surface area (Å²) in [6.45, 7) is 5.78. The van der Waals surface area contributed by atoms with E-state index in [1.54, 1.807) is 47.9 Å². The zero-order valence-corrected chi connectivity index (χ0v) is 24.9. The van der Waals surface area contributed by atoms with Crippen molar-refractivity contribution in [3.8, 4) is 0 Å². The van der Waals surface area contributed by atoms with Gasteiger partial charge in [0.2, 0.25) is 10.0 Å². The van der Waals surface area contributed by atoms with Crippen LogP contribution in [0.15, 0.2) is 59.5 Å². The van der Waals surface area contributed by atoms with Crippen molar-refractivity contribution >= 4 is 54.4 Å². The number of carbonyl (C=O) groups is 1. The Balaban J connectivity index is 1.60. The Morgan fingerprint density at radius 2 is 1.70 bits per heavy atom. The van der Waals surface area contributed by atoms with E-state index < -0.39 is 26.0 Å². The lowest BCUT2D eigenvalue weighted by molar-refractivity contribution is 0.0977. The van der Waals surface area contributed by atoms with Gasteiger partial charge in [-0.05, 0) is 62.2 Å². The van der Waals surface area contributed by atoms with Crippen LogP contribution in [-0.4, -0.2) is 50.1 Å². The Hall–Kier alpha value is -3.48. The molecule has 0 saturated carbocycles. The van der Waals surface area contributed by atoms with Crippen molar-refractivity contribution in [2.45, 2.75) is 45.1 Å².